The van der Waals surface area contributed by atoms with E-state index in [2.05, 4.69) is 45.9 Å². The maximum atomic E-state index is 10.7. The van der Waals surface area contributed by atoms with Crippen LogP contribution in [0.5, 0.6) is 0 Å². The molecule has 0 aromatic heterocycles. The van der Waals surface area contributed by atoms with Crippen LogP contribution in [-0.2, 0) is 0 Å². The SMILES string of the molecule is CCC(O)(CC)CSC(C)C1=CCC2/C(=C/C=C3/CC(C)C(O)C(O)C3)CCCC12C. The molecule has 4 heteroatoms. The van der Waals surface area contributed by atoms with Crippen LogP contribution in [0.1, 0.15) is 86.0 Å². The van der Waals surface area contributed by atoms with E-state index in [1.165, 1.54) is 24.8 Å². The zero-order valence-corrected chi connectivity index (χ0v) is 21.0. The predicted molar refractivity (Wildman–Crippen MR) is 132 cm³/mol. The van der Waals surface area contributed by atoms with Crippen LogP contribution in [0.4, 0.5) is 0 Å². The molecule has 0 saturated heterocycles. The largest absolute Gasteiger partial charge is 0.390 e. The number of thioether (sulfide) groups is 1. The molecule has 2 saturated carbocycles. The Morgan fingerprint density at radius 2 is 1.94 bits per heavy atom. The maximum absolute atomic E-state index is 10.7. The van der Waals surface area contributed by atoms with Gasteiger partial charge in [-0.25, -0.2) is 0 Å². The van der Waals surface area contributed by atoms with Crippen molar-refractivity contribution < 1.29 is 15.3 Å². The van der Waals surface area contributed by atoms with E-state index in [1.807, 2.05) is 18.7 Å². The molecule has 0 aromatic rings. The van der Waals surface area contributed by atoms with Crippen molar-refractivity contribution in [2.75, 3.05) is 5.75 Å². The Bertz CT molecular complexity index is 706. The maximum Gasteiger partial charge on any atom is 0.0838 e. The summed E-state index contributed by atoms with van der Waals surface area (Å²) in [5.74, 6) is 1.50. The fraction of sp³-hybridized carbons (Fsp3) is 0.778. The highest BCUT2D eigenvalue weighted by molar-refractivity contribution is 8.00. The van der Waals surface area contributed by atoms with E-state index in [-0.39, 0.29) is 11.3 Å². The Morgan fingerprint density at radius 3 is 2.58 bits per heavy atom. The summed E-state index contributed by atoms with van der Waals surface area (Å²) in [5.41, 5.74) is 4.08. The van der Waals surface area contributed by atoms with E-state index in [0.717, 1.165) is 31.4 Å². The van der Waals surface area contributed by atoms with Gasteiger partial charge in [-0.2, -0.15) is 11.8 Å². The van der Waals surface area contributed by atoms with Crippen molar-refractivity contribution in [1.82, 2.24) is 0 Å². The van der Waals surface area contributed by atoms with Crippen LogP contribution in [0, 0.1) is 17.3 Å². The summed E-state index contributed by atoms with van der Waals surface area (Å²) in [6.07, 6.45) is 13.7. The highest BCUT2D eigenvalue weighted by atomic mass is 32.2. The van der Waals surface area contributed by atoms with Gasteiger partial charge in [0.1, 0.15) is 0 Å². The highest BCUT2D eigenvalue weighted by Gasteiger charge is 2.46. The van der Waals surface area contributed by atoms with Gasteiger partial charge < -0.3 is 15.3 Å². The third kappa shape index (κ3) is 5.34. The molecule has 3 aliphatic rings. The Labute approximate surface area is 194 Å². The van der Waals surface area contributed by atoms with E-state index >= 15 is 0 Å². The first kappa shape index (κ1) is 25.1. The minimum atomic E-state index is -0.632. The second kappa shape index (κ2) is 10.2. The van der Waals surface area contributed by atoms with Gasteiger partial charge in [0.05, 0.1) is 17.8 Å². The van der Waals surface area contributed by atoms with Gasteiger partial charge in [0.15, 0.2) is 0 Å². The molecule has 176 valence electrons. The van der Waals surface area contributed by atoms with Crippen molar-refractivity contribution in [3.8, 4) is 0 Å². The number of hydrogen-bond donors (Lipinski definition) is 3. The molecule has 0 aliphatic heterocycles. The van der Waals surface area contributed by atoms with Crippen LogP contribution >= 0.6 is 11.8 Å². The molecule has 3 nitrogen and oxygen atoms in total. The molecule has 0 bridgehead atoms. The molecule has 0 heterocycles. The lowest BCUT2D eigenvalue weighted by Crippen LogP contribution is -2.36. The summed E-state index contributed by atoms with van der Waals surface area (Å²) >= 11 is 1.92. The fourth-order valence-electron chi connectivity index (χ4n) is 6.05. The summed E-state index contributed by atoms with van der Waals surface area (Å²) in [6.45, 7) is 11.0. The van der Waals surface area contributed by atoms with E-state index in [1.54, 1.807) is 11.1 Å². The highest BCUT2D eigenvalue weighted by Crippen LogP contribution is 2.57. The third-order valence-corrected chi connectivity index (χ3v) is 9.99. The summed E-state index contributed by atoms with van der Waals surface area (Å²) in [5, 5.41) is 31.3. The van der Waals surface area contributed by atoms with Crippen molar-refractivity contribution in [3.63, 3.8) is 0 Å². The van der Waals surface area contributed by atoms with E-state index in [9.17, 15) is 15.3 Å². The lowest BCUT2D eigenvalue weighted by atomic mass is 9.64. The minimum Gasteiger partial charge on any atom is -0.390 e. The Balaban J connectivity index is 1.70. The molecule has 0 amide bonds. The van der Waals surface area contributed by atoms with Gasteiger partial charge in [-0.15, -0.1) is 0 Å². The molecule has 3 rings (SSSR count). The van der Waals surface area contributed by atoms with Crippen LogP contribution in [0.2, 0.25) is 0 Å². The zero-order chi connectivity index (χ0) is 22.8. The molecule has 6 unspecified atom stereocenters. The number of hydrogen-bond acceptors (Lipinski definition) is 4. The predicted octanol–water partition coefficient (Wildman–Crippen LogP) is 5.80. The normalized spacial score (nSPS) is 37.7. The van der Waals surface area contributed by atoms with Crippen LogP contribution < -0.4 is 0 Å². The molecular formula is C27H44O3S. The topological polar surface area (TPSA) is 60.7 Å². The van der Waals surface area contributed by atoms with Gasteiger partial charge >= 0.3 is 0 Å². The first-order valence-corrected chi connectivity index (χ1v) is 13.5. The van der Waals surface area contributed by atoms with Gasteiger partial charge in [0.25, 0.3) is 0 Å². The van der Waals surface area contributed by atoms with Crippen LogP contribution in [0.3, 0.4) is 0 Å². The number of aliphatic hydroxyl groups is 3. The molecule has 6 atom stereocenters. The monoisotopic (exact) mass is 448 g/mol. The Hall–Kier alpha value is -0.550. The van der Waals surface area contributed by atoms with Gasteiger partial charge in [-0.05, 0) is 75.5 Å². The average molecular weight is 449 g/mol. The van der Waals surface area contributed by atoms with Crippen molar-refractivity contribution in [2.24, 2.45) is 17.3 Å². The van der Waals surface area contributed by atoms with Crippen molar-refractivity contribution in [1.29, 1.82) is 0 Å². The molecule has 3 aliphatic carbocycles. The van der Waals surface area contributed by atoms with Crippen molar-refractivity contribution >= 4 is 11.8 Å². The molecular weight excluding hydrogens is 404 g/mol. The van der Waals surface area contributed by atoms with Crippen LogP contribution in [0.25, 0.3) is 0 Å². The first-order valence-electron chi connectivity index (χ1n) is 12.4. The van der Waals surface area contributed by atoms with E-state index < -0.39 is 17.8 Å². The minimum absolute atomic E-state index is 0.118. The summed E-state index contributed by atoms with van der Waals surface area (Å²) < 4.78 is 0. The first-order chi connectivity index (χ1) is 14.6. The van der Waals surface area contributed by atoms with Gasteiger partial charge in [0.2, 0.25) is 0 Å². The molecule has 2 fully saturated rings. The molecule has 0 spiro atoms. The van der Waals surface area contributed by atoms with Gasteiger partial charge in [0, 0.05) is 11.0 Å². The molecule has 0 aromatic carbocycles. The van der Waals surface area contributed by atoms with Crippen molar-refractivity contribution in [3.05, 3.63) is 34.9 Å². The second-order valence-electron chi connectivity index (χ2n) is 10.6. The van der Waals surface area contributed by atoms with Crippen LogP contribution in [-0.4, -0.2) is 44.1 Å². The van der Waals surface area contributed by atoms with Gasteiger partial charge in [-0.1, -0.05) is 62.6 Å². The second-order valence-corrected chi connectivity index (χ2v) is 11.9. The summed E-state index contributed by atoms with van der Waals surface area (Å²) in [7, 11) is 0. The summed E-state index contributed by atoms with van der Waals surface area (Å²) in [6, 6.07) is 0. The van der Waals surface area contributed by atoms with Gasteiger partial charge in [-0.3, -0.25) is 0 Å². The number of aliphatic hydroxyl groups excluding tert-OH is 2. The number of rotatable bonds is 7. The lowest BCUT2D eigenvalue weighted by molar-refractivity contribution is -0.0253. The number of allylic oxidation sites excluding steroid dienone is 4. The van der Waals surface area contributed by atoms with Crippen LogP contribution in [0.15, 0.2) is 34.9 Å². The Morgan fingerprint density at radius 1 is 1.23 bits per heavy atom. The molecule has 31 heavy (non-hydrogen) atoms. The molecule has 3 N–H and O–H groups in total. The van der Waals surface area contributed by atoms with E-state index in [4.69, 9.17) is 0 Å². The smallest absolute Gasteiger partial charge is 0.0838 e. The molecule has 0 radical (unpaired) electrons. The third-order valence-electron chi connectivity index (χ3n) is 8.53. The number of fused-ring (bicyclic) bond motifs is 1. The quantitative estimate of drug-likeness (QED) is 0.431. The zero-order valence-electron chi connectivity index (χ0n) is 20.2. The summed E-state index contributed by atoms with van der Waals surface area (Å²) in [4.78, 5) is 0. The van der Waals surface area contributed by atoms with Crippen molar-refractivity contribution in [2.45, 2.75) is 109 Å². The lowest BCUT2D eigenvalue weighted by Gasteiger charge is -2.42. The standard InChI is InChI=1S/C27H44O3S/c1-6-27(30,7-2)17-31-19(4)22-12-13-23-21(9-8-14-26(22,23)5)11-10-20-15-18(3)25(29)24(28)16-20/h10-12,18-19,23-25,28-30H,6-9,13-17H2,1-5H3/b20-10-,21-11+. The fourth-order valence-corrected chi connectivity index (χ4v) is 7.57. The van der Waals surface area contributed by atoms with E-state index in [0.29, 0.717) is 17.6 Å². The Kier molecular flexibility index (Phi) is 8.22. The average Bonchev–Trinajstić information content (AvgIpc) is 3.11.